The summed E-state index contributed by atoms with van der Waals surface area (Å²) in [6.45, 7) is 0. The Morgan fingerprint density at radius 1 is 1.45 bits per heavy atom. The normalized spacial score (nSPS) is 10.3. The van der Waals surface area contributed by atoms with E-state index in [2.05, 4.69) is 20.9 Å². The first-order valence-electron chi connectivity index (χ1n) is 5.12. The van der Waals surface area contributed by atoms with Gasteiger partial charge in [0.05, 0.1) is 14.4 Å². The topological polar surface area (TPSA) is 91.3 Å². The second kappa shape index (κ2) is 5.59. The average molecular weight is 363 g/mol. The van der Waals surface area contributed by atoms with Gasteiger partial charge in [-0.2, -0.15) is 4.98 Å². The van der Waals surface area contributed by atoms with Crippen LogP contribution < -0.4 is 10.5 Å². The van der Waals surface area contributed by atoms with E-state index < -0.39 is 10.7 Å². The molecule has 0 bridgehead atoms. The molecule has 0 saturated carbocycles. The lowest BCUT2D eigenvalue weighted by Gasteiger charge is -2.08. The van der Waals surface area contributed by atoms with Gasteiger partial charge < -0.3 is 10.5 Å². The predicted octanol–water partition coefficient (Wildman–Crippen LogP) is 3.92. The first kappa shape index (κ1) is 14.5. The van der Waals surface area contributed by atoms with E-state index in [0.717, 1.165) is 12.1 Å². The SMILES string of the molecule is Nc1ccc([N+](=O)[O-])c(Oc2cc(F)c(Cl)cc2Br)n1. The van der Waals surface area contributed by atoms with Crippen LogP contribution in [0, 0.1) is 15.9 Å². The van der Waals surface area contributed by atoms with Crippen LogP contribution in [-0.2, 0) is 0 Å². The number of benzene rings is 1. The van der Waals surface area contributed by atoms with E-state index in [4.69, 9.17) is 22.1 Å². The first-order chi connectivity index (χ1) is 9.38. The van der Waals surface area contributed by atoms with Crippen LogP contribution in [0.1, 0.15) is 0 Å². The Morgan fingerprint density at radius 3 is 2.80 bits per heavy atom. The predicted molar refractivity (Wildman–Crippen MR) is 74.5 cm³/mol. The molecular formula is C11H6BrClFN3O3. The van der Waals surface area contributed by atoms with E-state index in [9.17, 15) is 14.5 Å². The second-order valence-corrected chi connectivity index (χ2v) is 4.88. The molecule has 104 valence electrons. The van der Waals surface area contributed by atoms with Gasteiger partial charge in [-0.3, -0.25) is 10.1 Å². The maximum Gasteiger partial charge on any atom is 0.331 e. The molecule has 0 radical (unpaired) electrons. The van der Waals surface area contributed by atoms with Crippen LogP contribution in [0.25, 0.3) is 0 Å². The van der Waals surface area contributed by atoms with Crippen molar-refractivity contribution in [1.82, 2.24) is 4.98 Å². The number of ether oxygens (including phenoxy) is 1. The molecule has 1 aromatic carbocycles. The third-order valence-electron chi connectivity index (χ3n) is 2.24. The maximum absolute atomic E-state index is 13.4. The lowest BCUT2D eigenvalue weighted by molar-refractivity contribution is -0.386. The fourth-order valence-electron chi connectivity index (χ4n) is 1.35. The third-order valence-corrected chi connectivity index (χ3v) is 3.15. The number of hydrogen-bond donors (Lipinski definition) is 1. The highest BCUT2D eigenvalue weighted by molar-refractivity contribution is 9.10. The summed E-state index contributed by atoms with van der Waals surface area (Å²) in [7, 11) is 0. The molecule has 1 heterocycles. The van der Waals surface area contributed by atoms with Crippen molar-refractivity contribution in [3.8, 4) is 11.6 Å². The summed E-state index contributed by atoms with van der Waals surface area (Å²) in [5, 5.41) is 10.8. The van der Waals surface area contributed by atoms with Gasteiger partial charge in [0, 0.05) is 12.1 Å². The molecule has 6 nitrogen and oxygen atoms in total. The Morgan fingerprint density at radius 2 is 2.15 bits per heavy atom. The molecule has 1 aromatic heterocycles. The summed E-state index contributed by atoms with van der Waals surface area (Å²) in [6.07, 6.45) is 0. The molecule has 0 atom stereocenters. The Kier molecular flexibility index (Phi) is 4.05. The number of aromatic nitrogens is 1. The van der Waals surface area contributed by atoms with Gasteiger partial charge in [0.2, 0.25) is 0 Å². The molecule has 0 saturated heterocycles. The van der Waals surface area contributed by atoms with Gasteiger partial charge in [-0.25, -0.2) is 4.39 Å². The van der Waals surface area contributed by atoms with Crippen molar-refractivity contribution in [2.75, 3.05) is 5.73 Å². The summed E-state index contributed by atoms with van der Waals surface area (Å²) in [6, 6.07) is 4.67. The summed E-state index contributed by atoms with van der Waals surface area (Å²) in [4.78, 5) is 13.9. The zero-order valence-electron chi connectivity index (χ0n) is 9.64. The number of anilines is 1. The van der Waals surface area contributed by atoms with Gasteiger partial charge in [0.25, 0.3) is 0 Å². The summed E-state index contributed by atoms with van der Waals surface area (Å²) in [5.41, 5.74) is 5.07. The van der Waals surface area contributed by atoms with E-state index in [1.807, 2.05) is 0 Å². The molecule has 0 aliphatic heterocycles. The zero-order valence-corrected chi connectivity index (χ0v) is 12.0. The van der Waals surface area contributed by atoms with E-state index in [-0.39, 0.29) is 28.2 Å². The van der Waals surface area contributed by atoms with Gasteiger partial charge >= 0.3 is 11.6 Å². The molecular weight excluding hydrogens is 356 g/mol. The number of rotatable bonds is 3. The first-order valence-corrected chi connectivity index (χ1v) is 6.29. The highest BCUT2D eigenvalue weighted by Gasteiger charge is 2.19. The minimum absolute atomic E-state index is 0.00639. The van der Waals surface area contributed by atoms with Gasteiger partial charge in [-0.05, 0) is 28.1 Å². The van der Waals surface area contributed by atoms with Crippen LogP contribution in [0.4, 0.5) is 15.9 Å². The van der Waals surface area contributed by atoms with Gasteiger partial charge in [0.1, 0.15) is 17.4 Å². The number of halogens is 3. The number of nitrogens with two attached hydrogens (primary N) is 1. The molecule has 0 amide bonds. The van der Waals surface area contributed by atoms with Crippen molar-refractivity contribution >= 4 is 39.0 Å². The summed E-state index contributed by atoms with van der Waals surface area (Å²) in [5.74, 6) is -1.03. The maximum atomic E-state index is 13.4. The van der Waals surface area contributed by atoms with Crippen LogP contribution in [0.3, 0.4) is 0 Å². The molecule has 0 aliphatic rings. The lowest BCUT2D eigenvalue weighted by atomic mass is 10.3. The van der Waals surface area contributed by atoms with Crippen molar-refractivity contribution in [2.24, 2.45) is 0 Å². The number of nitrogen functional groups attached to an aromatic ring is 1. The monoisotopic (exact) mass is 361 g/mol. The molecule has 0 fully saturated rings. The van der Waals surface area contributed by atoms with E-state index in [1.54, 1.807) is 0 Å². The third kappa shape index (κ3) is 2.97. The Bertz CT molecular complexity index is 699. The lowest BCUT2D eigenvalue weighted by Crippen LogP contribution is -1.99. The number of hydrogen-bond acceptors (Lipinski definition) is 5. The minimum Gasteiger partial charge on any atom is -0.432 e. The van der Waals surface area contributed by atoms with E-state index >= 15 is 0 Å². The zero-order chi connectivity index (χ0) is 14.9. The minimum atomic E-state index is -0.726. The molecule has 9 heteroatoms. The Hall–Kier alpha value is -1.93. The largest absolute Gasteiger partial charge is 0.432 e. The van der Waals surface area contributed by atoms with Crippen molar-refractivity contribution in [3.05, 3.63) is 49.7 Å². The van der Waals surface area contributed by atoms with E-state index in [1.165, 1.54) is 12.1 Å². The van der Waals surface area contributed by atoms with Crippen LogP contribution in [0.5, 0.6) is 11.6 Å². The Balaban J connectivity index is 2.47. The molecule has 2 rings (SSSR count). The fourth-order valence-corrected chi connectivity index (χ4v) is 2.07. The van der Waals surface area contributed by atoms with Crippen molar-refractivity contribution in [1.29, 1.82) is 0 Å². The van der Waals surface area contributed by atoms with Crippen LogP contribution in [0.15, 0.2) is 28.7 Å². The quantitative estimate of drug-likeness (QED) is 0.507. The number of nitro groups is 1. The molecule has 0 unspecified atom stereocenters. The average Bonchev–Trinajstić information content (AvgIpc) is 2.35. The van der Waals surface area contributed by atoms with Gasteiger partial charge in [-0.15, -0.1) is 0 Å². The second-order valence-electron chi connectivity index (χ2n) is 3.62. The van der Waals surface area contributed by atoms with Crippen LogP contribution in [-0.4, -0.2) is 9.91 Å². The molecule has 0 aliphatic carbocycles. The van der Waals surface area contributed by atoms with Crippen molar-refractivity contribution in [2.45, 2.75) is 0 Å². The van der Waals surface area contributed by atoms with E-state index in [0.29, 0.717) is 4.47 Å². The smallest absolute Gasteiger partial charge is 0.331 e. The fraction of sp³-hybridized carbons (Fsp3) is 0. The van der Waals surface area contributed by atoms with Crippen LogP contribution in [0.2, 0.25) is 5.02 Å². The Labute approximate surface area is 125 Å². The molecule has 2 N–H and O–H groups in total. The molecule has 2 aromatic rings. The molecule has 20 heavy (non-hydrogen) atoms. The summed E-state index contributed by atoms with van der Waals surface area (Å²) >= 11 is 8.71. The van der Waals surface area contributed by atoms with Crippen LogP contribution >= 0.6 is 27.5 Å². The number of pyridine rings is 1. The highest BCUT2D eigenvalue weighted by Crippen LogP contribution is 2.36. The highest BCUT2D eigenvalue weighted by atomic mass is 79.9. The van der Waals surface area contributed by atoms with Crippen molar-refractivity contribution < 1.29 is 14.1 Å². The van der Waals surface area contributed by atoms with Gasteiger partial charge in [-0.1, -0.05) is 11.6 Å². The van der Waals surface area contributed by atoms with Crippen molar-refractivity contribution in [3.63, 3.8) is 0 Å². The summed E-state index contributed by atoms with van der Waals surface area (Å²) < 4.78 is 19.0. The number of nitrogens with zero attached hydrogens (tertiary/aromatic N) is 2. The molecule has 0 spiro atoms. The van der Waals surface area contributed by atoms with Gasteiger partial charge in [0.15, 0.2) is 0 Å². The standard InChI is InChI=1S/C11H6BrClFN3O3/c12-5-3-6(13)7(14)4-9(5)20-11-8(17(18)19)1-2-10(15)16-11/h1-4H,(H2,15,16).